The Bertz CT molecular complexity index is 701. The first kappa shape index (κ1) is 12.2. The Balaban J connectivity index is 2.16. The Kier molecular flexibility index (Phi) is 3.03. The number of halogens is 1. The molecule has 0 N–H and O–H groups in total. The highest BCUT2D eigenvalue weighted by Gasteiger charge is 2.15. The van der Waals surface area contributed by atoms with Crippen LogP contribution in [0.15, 0.2) is 35.1 Å². The third kappa shape index (κ3) is 2.24. The molecule has 0 aliphatic heterocycles. The maximum atomic E-state index is 6.23. The van der Waals surface area contributed by atoms with Crippen molar-refractivity contribution in [3.8, 4) is 0 Å². The molecule has 2 heterocycles. The normalized spacial score (nSPS) is 13.0. The smallest absolute Gasteiger partial charge is 0.128 e. The molecule has 1 aromatic carbocycles. The van der Waals surface area contributed by atoms with Crippen LogP contribution in [0.4, 0.5) is 0 Å². The van der Waals surface area contributed by atoms with Gasteiger partial charge in [0.15, 0.2) is 0 Å². The zero-order chi connectivity index (χ0) is 13.4. The molecule has 0 aliphatic carbocycles. The molecule has 2 aromatic heterocycles. The van der Waals surface area contributed by atoms with Crippen LogP contribution >= 0.6 is 11.6 Å². The van der Waals surface area contributed by atoms with Crippen LogP contribution in [-0.2, 0) is 6.54 Å². The molecule has 0 bridgehead atoms. The molecule has 3 rings (SSSR count). The Morgan fingerprint density at radius 2 is 2.21 bits per heavy atom. The van der Waals surface area contributed by atoms with Gasteiger partial charge in [0.1, 0.15) is 17.8 Å². The lowest BCUT2D eigenvalue weighted by Crippen LogP contribution is -2.05. The summed E-state index contributed by atoms with van der Waals surface area (Å²) >= 11 is 6.23. The van der Waals surface area contributed by atoms with Crippen LogP contribution in [0.1, 0.15) is 29.4 Å². The number of alkyl halides is 1. The fourth-order valence-corrected chi connectivity index (χ4v) is 2.38. The van der Waals surface area contributed by atoms with Gasteiger partial charge in [-0.2, -0.15) is 0 Å². The van der Waals surface area contributed by atoms with Crippen LogP contribution in [0.2, 0.25) is 0 Å². The Morgan fingerprint density at radius 3 is 2.89 bits per heavy atom. The van der Waals surface area contributed by atoms with E-state index in [1.54, 1.807) is 6.26 Å². The number of imidazole rings is 1. The monoisotopic (exact) mass is 275 g/mol. The van der Waals surface area contributed by atoms with Gasteiger partial charge in [0.2, 0.25) is 0 Å². The van der Waals surface area contributed by atoms with Crippen molar-refractivity contribution >= 4 is 22.6 Å². The summed E-state index contributed by atoms with van der Waals surface area (Å²) in [7, 11) is 0. The number of fused-ring (bicyclic) bond motifs is 1. The molecule has 3 aromatic rings. The van der Waals surface area contributed by atoms with Crippen LogP contribution in [0.3, 0.4) is 0 Å². The predicted octanol–water partition coefficient (Wildman–Crippen LogP) is 3.68. The molecule has 0 aliphatic rings. The molecule has 0 spiro atoms. The summed E-state index contributed by atoms with van der Waals surface area (Å²) in [6, 6.07) is 8.06. The van der Waals surface area contributed by atoms with Gasteiger partial charge in [0.05, 0.1) is 23.0 Å². The van der Waals surface area contributed by atoms with Crippen molar-refractivity contribution in [1.29, 1.82) is 0 Å². The van der Waals surface area contributed by atoms with Gasteiger partial charge in [-0.15, -0.1) is 11.6 Å². The molecule has 5 heteroatoms. The first-order valence-corrected chi connectivity index (χ1v) is 6.59. The van der Waals surface area contributed by atoms with Crippen molar-refractivity contribution in [2.45, 2.75) is 25.8 Å². The van der Waals surface area contributed by atoms with E-state index in [0.717, 1.165) is 22.6 Å². The van der Waals surface area contributed by atoms with Gasteiger partial charge in [-0.05, 0) is 31.5 Å². The fourth-order valence-electron chi connectivity index (χ4n) is 2.21. The first-order valence-electron chi connectivity index (χ1n) is 6.15. The average Bonchev–Trinajstić information content (AvgIpc) is 2.97. The molecule has 19 heavy (non-hydrogen) atoms. The summed E-state index contributed by atoms with van der Waals surface area (Å²) in [5.74, 6) is 0.852. The SMILES string of the molecule is Cc1ccc2c(c1)nc(C(C)Cl)n2Cc1ccon1. The highest BCUT2D eigenvalue weighted by molar-refractivity contribution is 6.20. The fraction of sp³-hybridized carbons (Fsp3) is 0.286. The molecule has 4 nitrogen and oxygen atoms in total. The molecular formula is C14H14ClN3O. The Morgan fingerprint density at radius 1 is 1.37 bits per heavy atom. The molecule has 1 atom stereocenters. The summed E-state index contributed by atoms with van der Waals surface area (Å²) in [6.45, 7) is 4.59. The first-order chi connectivity index (χ1) is 9.15. The second-order valence-electron chi connectivity index (χ2n) is 4.66. The molecule has 0 radical (unpaired) electrons. The van der Waals surface area contributed by atoms with Gasteiger partial charge in [-0.3, -0.25) is 0 Å². The maximum Gasteiger partial charge on any atom is 0.128 e. The summed E-state index contributed by atoms with van der Waals surface area (Å²) in [5, 5.41) is 3.80. The van der Waals surface area contributed by atoms with Gasteiger partial charge >= 0.3 is 0 Å². The molecular weight excluding hydrogens is 262 g/mol. The molecule has 0 amide bonds. The van der Waals surface area contributed by atoms with E-state index in [1.807, 2.05) is 13.0 Å². The van der Waals surface area contributed by atoms with Crippen LogP contribution < -0.4 is 0 Å². The van der Waals surface area contributed by atoms with E-state index >= 15 is 0 Å². The summed E-state index contributed by atoms with van der Waals surface area (Å²) in [4.78, 5) is 4.63. The van der Waals surface area contributed by atoms with E-state index in [-0.39, 0.29) is 5.38 Å². The molecule has 1 unspecified atom stereocenters. The van der Waals surface area contributed by atoms with Gasteiger partial charge in [-0.1, -0.05) is 11.2 Å². The third-order valence-electron chi connectivity index (χ3n) is 3.10. The lowest BCUT2D eigenvalue weighted by Gasteiger charge is -2.08. The predicted molar refractivity (Wildman–Crippen MR) is 74.3 cm³/mol. The minimum Gasteiger partial charge on any atom is -0.364 e. The third-order valence-corrected chi connectivity index (χ3v) is 3.30. The van der Waals surface area contributed by atoms with Gasteiger partial charge < -0.3 is 9.09 Å². The number of hydrogen-bond donors (Lipinski definition) is 0. The van der Waals surface area contributed by atoms with Crippen molar-refractivity contribution < 1.29 is 4.52 Å². The van der Waals surface area contributed by atoms with Crippen LogP contribution in [0, 0.1) is 6.92 Å². The van der Waals surface area contributed by atoms with Crippen molar-refractivity contribution in [2.24, 2.45) is 0 Å². The lowest BCUT2D eigenvalue weighted by atomic mass is 10.2. The minimum absolute atomic E-state index is 0.153. The van der Waals surface area contributed by atoms with Gasteiger partial charge in [0, 0.05) is 6.07 Å². The minimum atomic E-state index is -0.153. The highest BCUT2D eigenvalue weighted by atomic mass is 35.5. The van der Waals surface area contributed by atoms with E-state index < -0.39 is 0 Å². The molecule has 0 saturated carbocycles. The Labute approximate surface area is 116 Å². The van der Waals surface area contributed by atoms with Gasteiger partial charge in [-0.25, -0.2) is 4.98 Å². The largest absolute Gasteiger partial charge is 0.364 e. The number of aryl methyl sites for hydroxylation is 1. The number of nitrogens with zero attached hydrogens (tertiary/aromatic N) is 3. The summed E-state index contributed by atoms with van der Waals surface area (Å²) in [6.07, 6.45) is 1.57. The summed E-state index contributed by atoms with van der Waals surface area (Å²) in [5.41, 5.74) is 4.08. The quantitative estimate of drug-likeness (QED) is 0.685. The van der Waals surface area contributed by atoms with Crippen molar-refractivity contribution in [3.05, 3.63) is 47.6 Å². The lowest BCUT2D eigenvalue weighted by molar-refractivity contribution is 0.409. The van der Waals surface area contributed by atoms with Crippen molar-refractivity contribution in [1.82, 2.24) is 14.7 Å². The average molecular weight is 276 g/mol. The van der Waals surface area contributed by atoms with Crippen LogP contribution in [-0.4, -0.2) is 14.7 Å². The number of benzene rings is 1. The second kappa shape index (κ2) is 4.70. The second-order valence-corrected chi connectivity index (χ2v) is 5.31. The zero-order valence-electron chi connectivity index (χ0n) is 10.8. The molecule has 98 valence electrons. The van der Waals surface area contributed by atoms with E-state index in [9.17, 15) is 0 Å². The maximum absolute atomic E-state index is 6.23. The Hall–Kier alpha value is -1.81. The van der Waals surface area contributed by atoms with Crippen LogP contribution in [0.25, 0.3) is 11.0 Å². The van der Waals surface area contributed by atoms with Crippen LogP contribution in [0.5, 0.6) is 0 Å². The standard InChI is InChI=1S/C14H14ClN3O/c1-9-3-4-13-12(7-9)16-14(10(2)15)18(13)8-11-5-6-19-17-11/h3-7,10H,8H2,1-2H3. The molecule has 0 fully saturated rings. The van der Waals surface area contributed by atoms with Crippen molar-refractivity contribution in [3.63, 3.8) is 0 Å². The van der Waals surface area contributed by atoms with Gasteiger partial charge in [0.25, 0.3) is 0 Å². The summed E-state index contributed by atoms with van der Waals surface area (Å²) < 4.78 is 6.97. The van der Waals surface area contributed by atoms with E-state index in [0.29, 0.717) is 6.54 Å². The van der Waals surface area contributed by atoms with E-state index in [4.69, 9.17) is 16.1 Å². The molecule has 0 saturated heterocycles. The van der Waals surface area contributed by atoms with E-state index in [2.05, 4.69) is 39.8 Å². The highest BCUT2D eigenvalue weighted by Crippen LogP contribution is 2.25. The van der Waals surface area contributed by atoms with E-state index in [1.165, 1.54) is 5.56 Å². The number of hydrogen-bond acceptors (Lipinski definition) is 3. The zero-order valence-corrected chi connectivity index (χ0v) is 11.6. The number of aromatic nitrogens is 3. The number of rotatable bonds is 3. The van der Waals surface area contributed by atoms with Crippen molar-refractivity contribution in [2.75, 3.05) is 0 Å². The topological polar surface area (TPSA) is 43.9 Å².